The minimum absolute atomic E-state index is 0.0574. The summed E-state index contributed by atoms with van der Waals surface area (Å²) in [6.45, 7) is 2.15. The molecule has 192 valence electrons. The van der Waals surface area contributed by atoms with Gasteiger partial charge in [-0.05, 0) is 54.8 Å². The van der Waals surface area contributed by atoms with E-state index in [1.54, 1.807) is 30.3 Å². The molecule has 1 atom stereocenters. The zero-order valence-electron chi connectivity index (χ0n) is 20.2. The summed E-state index contributed by atoms with van der Waals surface area (Å²) < 4.78 is 29.3. The van der Waals surface area contributed by atoms with E-state index in [-0.39, 0.29) is 11.3 Å². The number of halogens is 1. The van der Waals surface area contributed by atoms with Crippen LogP contribution in [0.1, 0.15) is 24.8 Å². The number of carbonyl (C=O) groups excluding carboxylic acids is 2. The predicted molar refractivity (Wildman–Crippen MR) is 143 cm³/mol. The van der Waals surface area contributed by atoms with Gasteiger partial charge in [0, 0.05) is 30.7 Å². The van der Waals surface area contributed by atoms with Crippen molar-refractivity contribution in [3.05, 3.63) is 95.5 Å². The van der Waals surface area contributed by atoms with E-state index in [0.717, 1.165) is 11.4 Å². The number of amides is 2. The summed E-state index contributed by atoms with van der Waals surface area (Å²) in [5.41, 5.74) is 1.64. The Labute approximate surface area is 222 Å². The van der Waals surface area contributed by atoms with Gasteiger partial charge in [0.2, 0.25) is 15.9 Å². The average molecular weight is 538 g/mol. The molecule has 5 rings (SSSR count). The van der Waals surface area contributed by atoms with Crippen molar-refractivity contribution in [2.24, 2.45) is 0 Å². The van der Waals surface area contributed by atoms with Crippen molar-refractivity contribution < 1.29 is 18.0 Å². The maximum Gasteiger partial charge on any atom is 0.252 e. The maximum atomic E-state index is 14.0. The summed E-state index contributed by atoms with van der Waals surface area (Å²) in [7, 11) is -4.08. The number of sulfonamides is 1. The van der Waals surface area contributed by atoms with Crippen LogP contribution in [0.3, 0.4) is 0 Å². The molecule has 3 aromatic rings. The van der Waals surface area contributed by atoms with Crippen LogP contribution in [0.5, 0.6) is 0 Å². The molecule has 2 saturated heterocycles. The zero-order valence-corrected chi connectivity index (χ0v) is 21.8. The number of nitrogens with zero attached hydrogens (tertiary/aromatic N) is 3. The number of anilines is 1. The third kappa shape index (κ3) is 5.33. The van der Waals surface area contributed by atoms with Crippen LogP contribution in [-0.2, 0) is 26.2 Å². The van der Waals surface area contributed by atoms with Crippen LogP contribution in [0.4, 0.5) is 5.69 Å². The molecule has 0 radical (unpaired) electrons. The maximum absolute atomic E-state index is 14.0. The highest BCUT2D eigenvalue weighted by atomic mass is 35.5. The van der Waals surface area contributed by atoms with Crippen LogP contribution < -0.4 is 4.90 Å². The van der Waals surface area contributed by atoms with E-state index in [2.05, 4.69) is 17.0 Å². The fourth-order valence-corrected chi connectivity index (χ4v) is 7.14. The number of carbonyl (C=O) groups is 2. The van der Waals surface area contributed by atoms with Crippen LogP contribution in [0.2, 0.25) is 5.02 Å². The molecule has 2 aliphatic rings. The van der Waals surface area contributed by atoms with Crippen LogP contribution >= 0.6 is 11.6 Å². The van der Waals surface area contributed by atoms with Crippen molar-refractivity contribution in [2.75, 3.05) is 18.0 Å². The summed E-state index contributed by atoms with van der Waals surface area (Å²) in [5, 5.41) is 0.419. The summed E-state index contributed by atoms with van der Waals surface area (Å²) >= 11 is 6.01. The molecule has 0 aromatic heterocycles. The minimum Gasteiger partial charge on any atom is -0.299 e. The third-order valence-electron chi connectivity index (χ3n) is 7.00. The highest BCUT2D eigenvalue weighted by Gasteiger charge is 2.49. The van der Waals surface area contributed by atoms with Crippen molar-refractivity contribution in [2.45, 2.75) is 42.8 Å². The molecule has 0 saturated carbocycles. The number of likely N-dealkylation sites (tertiary alicyclic amines) is 1. The molecule has 2 heterocycles. The highest BCUT2D eigenvalue weighted by Crippen LogP contribution is 2.34. The van der Waals surface area contributed by atoms with Gasteiger partial charge < -0.3 is 0 Å². The molecule has 0 spiro atoms. The molecular weight excluding hydrogens is 510 g/mol. The fourth-order valence-electron chi connectivity index (χ4n) is 5.18. The first-order chi connectivity index (χ1) is 17.8. The monoisotopic (exact) mass is 537 g/mol. The molecule has 1 unspecified atom stereocenters. The summed E-state index contributed by atoms with van der Waals surface area (Å²) in [4.78, 5) is 30.1. The lowest BCUT2D eigenvalue weighted by molar-refractivity contribution is -0.122. The average Bonchev–Trinajstić information content (AvgIpc) is 3.19. The molecule has 2 aliphatic heterocycles. The number of hydrogen-bond donors (Lipinski definition) is 0. The van der Waals surface area contributed by atoms with Crippen molar-refractivity contribution in [1.82, 2.24) is 9.21 Å². The van der Waals surface area contributed by atoms with Crippen LogP contribution in [0, 0.1) is 0 Å². The number of para-hydroxylation sites is 1. The first-order valence-electron chi connectivity index (χ1n) is 12.3. The molecule has 0 bridgehead atoms. The summed E-state index contributed by atoms with van der Waals surface area (Å²) in [6, 6.07) is 23.2. The molecule has 2 fully saturated rings. The standard InChI is InChI=1S/C28H28ClN3O4S/c29-22-11-13-25(14-12-22)37(35,36)32(24-15-17-30(18-16-24)20-21-7-3-1-4-8-21)26-19-27(33)31(28(26)34)23-9-5-2-6-10-23/h1-14,24,26H,15-20H2. The van der Waals surface area contributed by atoms with Crippen LogP contribution in [0.25, 0.3) is 0 Å². The Morgan fingerprint density at radius 3 is 2.05 bits per heavy atom. The number of benzene rings is 3. The van der Waals surface area contributed by atoms with E-state index >= 15 is 0 Å². The van der Waals surface area contributed by atoms with Gasteiger partial charge in [0.1, 0.15) is 6.04 Å². The lowest BCUT2D eigenvalue weighted by Crippen LogP contribution is -2.53. The van der Waals surface area contributed by atoms with Gasteiger partial charge in [-0.2, -0.15) is 4.31 Å². The number of imide groups is 1. The van der Waals surface area contributed by atoms with E-state index in [1.807, 2.05) is 18.2 Å². The predicted octanol–water partition coefficient (Wildman–Crippen LogP) is 4.33. The molecule has 0 aliphatic carbocycles. The SMILES string of the molecule is O=C1CC(N(C2CCN(Cc3ccccc3)CC2)S(=O)(=O)c2ccc(Cl)cc2)C(=O)N1c1ccccc1. The van der Waals surface area contributed by atoms with E-state index in [4.69, 9.17) is 11.6 Å². The van der Waals surface area contributed by atoms with Gasteiger partial charge in [0.25, 0.3) is 5.91 Å². The minimum atomic E-state index is -4.08. The Kier molecular flexibility index (Phi) is 7.44. The zero-order chi connectivity index (χ0) is 26.0. The Morgan fingerprint density at radius 2 is 1.43 bits per heavy atom. The number of hydrogen-bond acceptors (Lipinski definition) is 5. The van der Waals surface area contributed by atoms with Crippen molar-refractivity contribution >= 4 is 39.1 Å². The molecule has 37 heavy (non-hydrogen) atoms. The molecule has 3 aromatic carbocycles. The van der Waals surface area contributed by atoms with Gasteiger partial charge in [-0.15, -0.1) is 0 Å². The summed E-state index contributed by atoms with van der Waals surface area (Å²) in [6.07, 6.45) is 0.927. The van der Waals surface area contributed by atoms with Crippen molar-refractivity contribution in [1.29, 1.82) is 0 Å². The van der Waals surface area contributed by atoms with E-state index in [9.17, 15) is 18.0 Å². The van der Waals surface area contributed by atoms with E-state index in [0.29, 0.717) is 36.6 Å². The van der Waals surface area contributed by atoms with Gasteiger partial charge in [0.05, 0.1) is 17.0 Å². The van der Waals surface area contributed by atoms with Gasteiger partial charge in [-0.3, -0.25) is 14.5 Å². The molecule has 7 nitrogen and oxygen atoms in total. The second-order valence-corrected chi connectivity index (χ2v) is 11.7. The number of piperidine rings is 1. The fraction of sp³-hybridized carbons (Fsp3) is 0.286. The van der Waals surface area contributed by atoms with Crippen molar-refractivity contribution in [3.8, 4) is 0 Å². The molecule has 0 N–H and O–H groups in total. The van der Waals surface area contributed by atoms with Gasteiger partial charge in [-0.1, -0.05) is 60.1 Å². The molecule has 9 heteroatoms. The Morgan fingerprint density at radius 1 is 0.838 bits per heavy atom. The smallest absolute Gasteiger partial charge is 0.252 e. The lowest BCUT2D eigenvalue weighted by atomic mass is 10.0. The van der Waals surface area contributed by atoms with Crippen molar-refractivity contribution in [3.63, 3.8) is 0 Å². The number of rotatable bonds is 7. The molecule has 2 amide bonds. The molecular formula is C28H28ClN3O4S. The largest absolute Gasteiger partial charge is 0.299 e. The first kappa shape index (κ1) is 25.6. The van der Waals surface area contributed by atoms with Crippen LogP contribution in [-0.4, -0.2) is 54.6 Å². The Bertz CT molecular complexity index is 1360. The quantitative estimate of drug-likeness (QED) is 0.419. The first-order valence-corrected chi connectivity index (χ1v) is 14.1. The van der Waals surface area contributed by atoms with Gasteiger partial charge in [-0.25, -0.2) is 13.3 Å². The topological polar surface area (TPSA) is 78.0 Å². The van der Waals surface area contributed by atoms with Gasteiger partial charge >= 0.3 is 0 Å². The second kappa shape index (κ2) is 10.8. The Hall–Kier alpha value is -3.04. The third-order valence-corrected chi connectivity index (χ3v) is 9.23. The van der Waals surface area contributed by atoms with E-state index in [1.165, 1.54) is 34.1 Å². The lowest BCUT2D eigenvalue weighted by Gasteiger charge is -2.39. The van der Waals surface area contributed by atoms with E-state index < -0.39 is 33.9 Å². The summed E-state index contributed by atoms with van der Waals surface area (Å²) in [5.74, 6) is -0.917. The highest BCUT2D eigenvalue weighted by molar-refractivity contribution is 7.89. The second-order valence-electron chi connectivity index (χ2n) is 9.40. The Balaban J connectivity index is 1.43. The normalized spacial score (nSPS) is 19.6. The van der Waals surface area contributed by atoms with Gasteiger partial charge in [0.15, 0.2) is 0 Å². The van der Waals surface area contributed by atoms with Crippen LogP contribution in [0.15, 0.2) is 89.8 Å².